The number of aromatic amines is 1. The highest BCUT2D eigenvalue weighted by molar-refractivity contribution is 7.73. The summed E-state index contributed by atoms with van der Waals surface area (Å²) in [7, 11) is 2.08. The second-order valence-corrected chi connectivity index (χ2v) is 4.18. The van der Waals surface area contributed by atoms with Gasteiger partial charge >= 0.3 is 0 Å². The van der Waals surface area contributed by atoms with Crippen LogP contribution in [0.1, 0.15) is 0 Å². The van der Waals surface area contributed by atoms with Crippen LogP contribution in [0.4, 0.5) is 0 Å². The first kappa shape index (κ1) is 7.07. The molecule has 2 rings (SSSR count). The molecule has 0 aliphatic carbocycles. The van der Waals surface area contributed by atoms with Gasteiger partial charge in [-0.25, -0.2) is 0 Å². The van der Waals surface area contributed by atoms with Crippen LogP contribution in [0.15, 0.2) is 18.2 Å². The molecule has 1 aromatic carbocycles. The van der Waals surface area contributed by atoms with Crippen molar-refractivity contribution in [1.29, 1.82) is 0 Å². The number of nitrogens with one attached hydrogen (secondary N) is 1. The van der Waals surface area contributed by atoms with Gasteiger partial charge in [0.1, 0.15) is 7.85 Å². The van der Waals surface area contributed by atoms with Gasteiger partial charge in [0, 0.05) is 0 Å². The lowest BCUT2D eigenvalue weighted by atomic mass is 9.95. The third-order valence-corrected chi connectivity index (χ3v) is 2.86. The zero-order valence-electron chi connectivity index (χ0n) is 6.05. The number of benzene rings is 1. The minimum atomic E-state index is 0.856. The average Bonchev–Trinajstić information content (AvgIpc) is 2.31. The summed E-state index contributed by atoms with van der Waals surface area (Å²) in [6, 6.07) is 6.22. The Bertz CT molecular complexity index is 443. The number of hydrogen-bond acceptors (Lipinski definition) is 2. The fourth-order valence-electron chi connectivity index (χ4n) is 1.11. The zero-order chi connectivity index (χ0) is 7.84. The van der Waals surface area contributed by atoms with Crippen molar-refractivity contribution >= 4 is 47.1 Å². The molecule has 1 heterocycles. The Morgan fingerprint density at radius 2 is 2.27 bits per heavy atom. The highest BCUT2D eigenvalue weighted by atomic mass is 32.1. The van der Waals surface area contributed by atoms with Crippen LogP contribution in [-0.4, -0.2) is 12.8 Å². The van der Waals surface area contributed by atoms with Crippen LogP contribution in [0.3, 0.4) is 0 Å². The summed E-state index contributed by atoms with van der Waals surface area (Å²) in [5.74, 6) is 0. The third kappa shape index (κ3) is 1.12. The fraction of sp³-hybridized carbons (Fsp3) is 0. The van der Waals surface area contributed by atoms with Crippen molar-refractivity contribution in [3.63, 3.8) is 0 Å². The molecule has 0 atom stereocenters. The molecule has 0 bridgehead atoms. The monoisotopic (exact) mass is 179 g/mol. The van der Waals surface area contributed by atoms with Crippen LogP contribution >= 0.6 is 23.6 Å². The molecule has 4 heteroatoms. The van der Waals surface area contributed by atoms with Crippen LogP contribution in [0.5, 0.6) is 0 Å². The standard InChI is InChI=1S/C7H6BNS2/c8-4-2-1-3-5-6(4)9-7(10)11-5/h1-3H,8H2,(H,9,10). The smallest absolute Gasteiger partial charge is 0.159 e. The van der Waals surface area contributed by atoms with Crippen molar-refractivity contribution in [2.45, 2.75) is 0 Å². The van der Waals surface area contributed by atoms with Crippen LogP contribution in [-0.2, 0) is 0 Å². The zero-order valence-corrected chi connectivity index (χ0v) is 7.68. The van der Waals surface area contributed by atoms with Crippen LogP contribution < -0.4 is 5.46 Å². The molecule has 11 heavy (non-hydrogen) atoms. The first-order chi connectivity index (χ1) is 5.27. The Morgan fingerprint density at radius 3 is 3.00 bits per heavy atom. The van der Waals surface area contributed by atoms with E-state index < -0.39 is 0 Å². The highest BCUT2D eigenvalue weighted by Gasteiger charge is 1.97. The summed E-state index contributed by atoms with van der Waals surface area (Å²) in [5, 5.41) is 0. The van der Waals surface area contributed by atoms with Gasteiger partial charge in [0.05, 0.1) is 10.2 Å². The van der Waals surface area contributed by atoms with E-state index in [0.29, 0.717) is 0 Å². The molecule has 0 saturated carbocycles. The van der Waals surface area contributed by atoms with E-state index in [0.717, 1.165) is 3.95 Å². The third-order valence-electron chi connectivity index (χ3n) is 1.66. The van der Waals surface area contributed by atoms with E-state index in [1.807, 2.05) is 0 Å². The van der Waals surface area contributed by atoms with Crippen LogP contribution in [0, 0.1) is 3.95 Å². The number of aromatic nitrogens is 1. The molecule has 0 radical (unpaired) electrons. The molecule has 0 fully saturated rings. The lowest BCUT2D eigenvalue weighted by Gasteiger charge is -1.91. The molecule has 0 saturated heterocycles. The molecule has 54 valence electrons. The van der Waals surface area contributed by atoms with Crippen LogP contribution in [0.2, 0.25) is 0 Å². The van der Waals surface area contributed by atoms with Crippen molar-refractivity contribution in [3.05, 3.63) is 22.2 Å². The molecule has 1 nitrogen and oxygen atoms in total. The molecular formula is C7H6BNS2. The molecule has 0 unspecified atom stereocenters. The Kier molecular flexibility index (Phi) is 1.58. The molecule has 0 amide bonds. The van der Waals surface area contributed by atoms with Gasteiger partial charge in [-0.3, -0.25) is 0 Å². The van der Waals surface area contributed by atoms with E-state index in [9.17, 15) is 0 Å². The van der Waals surface area contributed by atoms with Gasteiger partial charge in [-0.15, -0.1) is 11.3 Å². The van der Waals surface area contributed by atoms with E-state index >= 15 is 0 Å². The largest absolute Gasteiger partial charge is 0.337 e. The predicted octanol–water partition coefficient (Wildman–Crippen LogP) is 1.22. The lowest BCUT2D eigenvalue weighted by molar-refractivity contribution is 1.48. The second-order valence-electron chi connectivity index (χ2n) is 2.46. The minimum Gasteiger partial charge on any atom is -0.337 e. The molecule has 0 aliphatic heterocycles. The fourth-order valence-corrected chi connectivity index (χ4v) is 2.30. The summed E-state index contributed by atoms with van der Waals surface area (Å²) in [6.07, 6.45) is 0. The van der Waals surface area contributed by atoms with E-state index in [4.69, 9.17) is 12.2 Å². The van der Waals surface area contributed by atoms with Gasteiger partial charge in [-0.2, -0.15) is 0 Å². The van der Waals surface area contributed by atoms with Gasteiger partial charge in [0.25, 0.3) is 0 Å². The van der Waals surface area contributed by atoms with Gasteiger partial charge in [-0.1, -0.05) is 17.6 Å². The van der Waals surface area contributed by atoms with Crippen molar-refractivity contribution in [3.8, 4) is 0 Å². The maximum absolute atomic E-state index is 5.04. The molecule has 1 N–H and O–H groups in total. The molecule has 2 aromatic rings. The van der Waals surface area contributed by atoms with E-state index in [1.54, 1.807) is 11.3 Å². The Labute approximate surface area is 74.5 Å². The Hall–Kier alpha value is -0.605. The number of thiazole rings is 1. The van der Waals surface area contributed by atoms with Crippen molar-refractivity contribution < 1.29 is 0 Å². The van der Waals surface area contributed by atoms with Crippen LogP contribution in [0.25, 0.3) is 10.2 Å². The minimum absolute atomic E-state index is 0.856. The SMILES string of the molecule is Bc1cccc2sc(=S)[nH]c12. The van der Waals surface area contributed by atoms with Crippen molar-refractivity contribution in [2.24, 2.45) is 0 Å². The summed E-state index contributed by atoms with van der Waals surface area (Å²) in [4.78, 5) is 3.16. The average molecular weight is 179 g/mol. The van der Waals surface area contributed by atoms with Gasteiger partial charge in [-0.05, 0) is 18.3 Å². The van der Waals surface area contributed by atoms with E-state index in [1.165, 1.54) is 15.7 Å². The number of hydrogen-bond donors (Lipinski definition) is 1. The first-order valence-corrected chi connectivity index (χ1v) is 4.58. The van der Waals surface area contributed by atoms with E-state index in [2.05, 4.69) is 31.0 Å². The normalized spacial score (nSPS) is 10.5. The second kappa shape index (κ2) is 2.46. The molecular weight excluding hydrogens is 173 g/mol. The Morgan fingerprint density at radius 1 is 1.45 bits per heavy atom. The maximum atomic E-state index is 5.04. The molecule has 0 spiro atoms. The summed E-state index contributed by atoms with van der Waals surface area (Å²) < 4.78 is 2.10. The predicted molar refractivity (Wildman–Crippen MR) is 55.2 cm³/mol. The quantitative estimate of drug-likeness (QED) is 0.474. The number of rotatable bonds is 0. The van der Waals surface area contributed by atoms with Gasteiger partial charge < -0.3 is 4.98 Å². The topological polar surface area (TPSA) is 15.8 Å². The Balaban J connectivity index is 3.01. The van der Waals surface area contributed by atoms with E-state index in [-0.39, 0.29) is 0 Å². The number of fused-ring (bicyclic) bond motifs is 1. The molecule has 0 aliphatic rings. The molecule has 1 aromatic heterocycles. The maximum Gasteiger partial charge on any atom is 0.159 e. The first-order valence-electron chi connectivity index (χ1n) is 3.36. The van der Waals surface area contributed by atoms with Gasteiger partial charge in [0.2, 0.25) is 0 Å². The summed E-state index contributed by atoms with van der Waals surface area (Å²) in [5.41, 5.74) is 2.44. The van der Waals surface area contributed by atoms with Gasteiger partial charge in [0.15, 0.2) is 3.95 Å². The van der Waals surface area contributed by atoms with Crippen molar-refractivity contribution in [1.82, 2.24) is 4.98 Å². The number of para-hydroxylation sites is 1. The van der Waals surface area contributed by atoms with Crippen molar-refractivity contribution in [2.75, 3.05) is 0 Å². The number of H-pyrrole nitrogens is 1. The summed E-state index contributed by atoms with van der Waals surface area (Å²) >= 11 is 6.66. The summed E-state index contributed by atoms with van der Waals surface area (Å²) in [6.45, 7) is 0. The highest BCUT2D eigenvalue weighted by Crippen LogP contribution is 2.16. The lowest BCUT2D eigenvalue weighted by Crippen LogP contribution is -2.01.